The second kappa shape index (κ2) is 6.61. The predicted octanol–water partition coefficient (Wildman–Crippen LogP) is 3.54. The lowest BCUT2D eigenvalue weighted by Crippen LogP contribution is -2.32. The van der Waals surface area contributed by atoms with Crippen molar-refractivity contribution in [3.8, 4) is 0 Å². The Bertz CT molecular complexity index is 569. The van der Waals surface area contributed by atoms with Crippen molar-refractivity contribution in [1.82, 2.24) is 5.32 Å². The first kappa shape index (κ1) is 13.9. The van der Waals surface area contributed by atoms with Gasteiger partial charge in [-0.15, -0.1) is 0 Å². The first-order valence-corrected chi connectivity index (χ1v) is 6.67. The molecule has 2 rings (SSSR count). The van der Waals surface area contributed by atoms with E-state index in [0.717, 1.165) is 12.0 Å². The zero-order chi connectivity index (χ0) is 14.4. The molecular weight excluding hydrogens is 250 g/mol. The van der Waals surface area contributed by atoms with Gasteiger partial charge in [-0.2, -0.15) is 0 Å². The maximum Gasteiger partial charge on any atom is 0.319 e. The first-order chi connectivity index (χ1) is 9.69. The highest BCUT2D eigenvalue weighted by Gasteiger charge is 2.12. The molecule has 4 nitrogen and oxygen atoms in total. The Morgan fingerprint density at radius 1 is 1.15 bits per heavy atom. The average Bonchev–Trinajstić information content (AvgIpc) is 2.45. The van der Waals surface area contributed by atoms with Gasteiger partial charge in [-0.3, -0.25) is 0 Å². The van der Waals surface area contributed by atoms with Crippen molar-refractivity contribution >= 4 is 17.4 Å². The summed E-state index contributed by atoms with van der Waals surface area (Å²) in [6.45, 7) is 2.04. The van der Waals surface area contributed by atoms with E-state index in [4.69, 9.17) is 5.73 Å². The van der Waals surface area contributed by atoms with Crippen LogP contribution in [0.1, 0.15) is 24.9 Å². The molecule has 1 atom stereocenters. The number of carbonyl (C=O) groups is 1. The van der Waals surface area contributed by atoms with Crippen molar-refractivity contribution in [3.05, 3.63) is 60.2 Å². The molecule has 0 saturated heterocycles. The van der Waals surface area contributed by atoms with Crippen LogP contribution in [0.2, 0.25) is 0 Å². The molecule has 2 amide bonds. The van der Waals surface area contributed by atoms with Crippen LogP contribution in [-0.2, 0) is 0 Å². The van der Waals surface area contributed by atoms with E-state index in [1.54, 1.807) is 24.3 Å². The van der Waals surface area contributed by atoms with Gasteiger partial charge in [0.2, 0.25) is 0 Å². The monoisotopic (exact) mass is 269 g/mol. The number of nitrogen functional groups attached to an aromatic ring is 1. The van der Waals surface area contributed by atoms with Crippen molar-refractivity contribution < 1.29 is 4.79 Å². The quantitative estimate of drug-likeness (QED) is 0.743. The molecule has 0 spiro atoms. The molecular formula is C16H19N3O. The summed E-state index contributed by atoms with van der Waals surface area (Å²) in [5, 5.41) is 5.75. The number of hydrogen-bond acceptors (Lipinski definition) is 2. The van der Waals surface area contributed by atoms with E-state index in [1.165, 1.54) is 0 Å². The minimum Gasteiger partial charge on any atom is -0.399 e. The van der Waals surface area contributed by atoms with Crippen LogP contribution in [0.25, 0.3) is 0 Å². The number of nitrogens with one attached hydrogen (secondary N) is 2. The van der Waals surface area contributed by atoms with Gasteiger partial charge in [0.15, 0.2) is 0 Å². The van der Waals surface area contributed by atoms with Crippen LogP contribution < -0.4 is 16.4 Å². The number of hydrogen-bond donors (Lipinski definition) is 3. The van der Waals surface area contributed by atoms with Crippen molar-refractivity contribution in [1.29, 1.82) is 0 Å². The summed E-state index contributed by atoms with van der Waals surface area (Å²) < 4.78 is 0. The normalized spacial score (nSPS) is 11.7. The van der Waals surface area contributed by atoms with Gasteiger partial charge < -0.3 is 16.4 Å². The smallest absolute Gasteiger partial charge is 0.319 e. The summed E-state index contributed by atoms with van der Waals surface area (Å²) >= 11 is 0. The van der Waals surface area contributed by atoms with Crippen LogP contribution >= 0.6 is 0 Å². The van der Waals surface area contributed by atoms with Gasteiger partial charge in [-0.05, 0) is 30.2 Å². The summed E-state index contributed by atoms with van der Waals surface area (Å²) in [5.41, 5.74) is 8.08. The summed E-state index contributed by atoms with van der Waals surface area (Å²) in [7, 11) is 0. The first-order valence-electron chi connectivity index (χ1n) is 6.67. The SMILES string of the molecule is CCC(NC(=O)Nc1cccc(N)c1)c1ccccc1. The molecule has 0 fully saturated rings. The maximum absolute atomic E-state index is 12.0. The topological polar surface area (TPSA) is 67.2 Å². The standard InChI is InChI=1S/C16H19N3O/c1-2-15(12-7-4-3-5-8-12)19-16(20)18-14-10-6-9-13(17)11-14/h3-11,15H,2,17H2,1H3,(H2,18,19,20). The Labute approximate surface area is 119 Å². The van der Waals surface area contributed by atoms with E-state index in [1.807, 2.05) is 37.3 Å². The molecule has 0 bridgehead atoms. The molecule has 0 radical (unpaired) electrons. The van der Waals surface area contributed by atoms with Crippen molar-refractivity contribution in [2.24, 2.45) is 0 Å². The summed E-state index contributed by atoms with van der Waals surface area (Å²) in [6.07, 6.45) is 0.828. The summed E-state index contributed by atoms with van der Waals surface area (Å²) in [5.74, 6) is 0. The Balaban J connectivity index is 2.00. The lowest BCUT2D eigenvalue weighted by Gasteiger charge is -2.18. The third kappa shape index (κ3) is 3.75. The van der Waals surface area contributed by atoms with E-state index in [2.05, 4.69) is 10.6 Å². The summed E-state index contributed by atoms with van der Waals surface area (Å²) in [4.78, 5) is 12.0. The second-order valence-electron chi connectivity index (χ2n) is 4.60. The van der Waals surface area contributed by atoms with Crippen LogP contribution in [0.15, 0.2) is 54.6 Å². The largest absolute Gasteiger partial charge is 0.399 e. The fourth-order valence-corrected chi connectivity index (χ4v) is 2.05. The average molecular weight is 269 g/mol. The van der Waals surface area contributed by atoms with E-state index in [0.29, 0.717) is 11.4 Å². The Hall–Kier alpha value is -2.49. The van der Waals surface area contributed by atoms with E-state index >= 15 is 0 Å². The second-order valence-corrected chi connectivity index (χ2v) is 4.60. The van der Waals surface area contributed by atoms with E-state index < -0.39 is 0 Å². The number of benzene rings is 2. The third-order valence-electron chi connectivity index (χ3n) is 3.06. The van der Waals surface area contributed by atoms with Crippen LogP contribution in [-0.4, -0.2) is 6.03 Å². The molecule has 0 heterocycles. The molecule has 4 N–H and O–H groups in total. The maximum atomic E-state index is 12.0. The fourth-order valence-electron chi connectivity index (χ4n) is 2.05. The van der Waals surface area contributed by atoms with Crippen LogP contribution in [0.3, 0.4) is 0 Å². The number of rotatable bonds is 4. The molecule has 1 unspecified atom stereocenters. The van der Waals surface area contributed by atoms with Gasteiger partial charge in [-0.25, -0.2) is 4.79 Å². The molecule has 0 aliphatic rings. The number of urea groups is 1. The van der Waals surface area contributed by atoms with Crippen LogP contribution in [0.4, 0.5) is 16.2 Å². The number of anilines is 2. The molecule has 0 aliphatic heterocycles. The van der Waals surface area contributed by atoms with Crippen LogP contribution in [0, 0.1) is 0 Å². The molecule has 4 heteroatoms. The Morgan fingerprint density at radius 3 is 2.55 bits per heavy atom. The molecule has 2 aromatic rings. The summed E-state index contributed by atoms with van der Waals surface area (Å²) in [6, 6.07) is 16.8. The van der Waals surface area contributed by atoms with Gasteiger partial charge in [0, 0.05) is 11.4 Å². The fraction of sp³-hybridized carbons (Fsp3) is 0.188. The Kier molecular flexibility index (Phi) is 4.60. The van der Waals surface area contributed by atoms with E-state index in [9.17, 15) is 4.79 Å². The highest BCUT2D eigenvalue weighted by atomic mass is 16.2. The number of amides is 2. The third-order valence-corrected chi connectivity index (χ3v) is 3.06. The minimum atomic E-state index is -0.230. The lowest BCUT2D eigenvalue weighted by atomic mass is 10.1. The number of nitrogens with two attached hydrogens (primary N) is 1. The Morgan fingerprint density at radius 2 is 1.90 bits per heavy atom. The van der Waals surface area contributed by atoms with Crippen LogP contribution in [0.5, 0.6) is 0 Å². The van der Waals surface area contributed by atoms with Crippen molar-refractivity contribution in [3.63, 3.8) is 0 Å². The number of carbonyl (C=O) groups excluding carboxylic acids is 1. The van der Waals surface area contributed by atoms with E-state index in [-0.39, 0.29) is 12.1 Å². The zero-order valence-corrected chi connectivity index (χ0v) is 11.5. The van der Waals surface area contributed by atoms with Gasteiger partial charge in [0.25, 0.3) is 0 Å². The molecule has 0 saturated carbocycles. The highest BCUT2D eigenvalue weighted by Crippen LogP contribution is 2.17. The van der Waals surface area contributed by atoms with Crippen molar-refractivity contribution in [2.45, 2.75) is 19.4 Å². The van der Waals surface area contributed by atoms with Gasteiger partial charge in [0.1, 0.15) is 0 Å². The lowest BCUT2D eigenvalue weighted by molar-refractivity contribution is 0.248. The molecule has 20 heavy (non-hydrogen) atoms. The van der Waals surface area contributed by atoms with Gasteiger partial charge >= 0.3 is 6.03 Å². The van der Waals surface area contributed by atoms with Gasteiger partial charge in [-0.1, -0.05) is 43.3 Å². The molecule has 104 valence electrons. The highest BCUT2D eigenvalue weighted by molar-refractivity contribution is 5.90. The van der Waals surface area contributed by atoms with Gasteiger partial charge in [0.05, 0.1) is 6.04 Å². The zero-order valence-electron chi connectivity index (χ0n) is 11.5. The minimum absolute atomic E-state index is 0.00254. The molecule has 2 aromatic carbocycles. The van der Waals surface area contributed by atoms with Crippen molar-refractivity contribution in [2.75, 3.05) is 11.1 Å². The predicted molar refractivity (Wildman–Crippen MR) is 82.5 cm³/mol. The molecule has 0 aromatic heterocycles. The molecule has 0 aliphatic carbocycles.